The maximum absolute atomic E-state index is 10.7. The number of benzene rings is 1. The van der Waals surface area contributed by atoms with Gasteiger partial charge in [0.2, 0.25) is 0 Å². The summed E-state index contributed by atoms with van der Waals surface area (Å²) >= 11 is 5.72. The van der Waals surface area contributed by atoms with Crippen LogP contribution < -0.4 is 5.73 Å². The summed E-state index contributed by atoms with van der Waals surface area (Å²) in [6.07, 6.45) is 0. The fourth-order valence-electron chi connectivity index (χ4n) is 1.10. The maximum atomic E-state index is 10.7. The average Bonchev–Trinajstić information content (AvgIpc) is 2.04. The largest absolute Gasteiger partial charge is 0.481 e. The second kappa shape index (κ2) is 4.25. The van der Waals surface area contributed by atoms with Gasteiger partial charge in [-0.1, -0.05) is 23.7 Å². The zero-order valence-electron chi connectivity index (χ0n) is 6.90. The third kappa shape index (κ3) is 2.44. The zero-order chi connectivity index (χ0) is 9.84. The first-order valence-corrected chi connectivity index (χ1v) is 4.21. The number of hydrogen-bond donors (Lipinski definition) is 2. The molecule has 0 aliphatic carbocycles. The van der Waals surface area contributed by atoms with Crippen LogP contribution in [0.25, 0.3) is 0 Å². The van der Waals surface area contributed by atoms with E-state index < -0.39 is 11.9 Å². The van der Waals surface area contributed by atoms with Crippen molar-refractivity contribution in [1.82, 2.24) is 0 Å². The predicted octanol–water partition coefficient (Wildman–Crippen LogP) is 1.47. The number of rotatable bonds is 3. The maximum Gasteiger partial charge on any atom is 0.312 e. The van der Waals surface area contributed by atoms with E-state index in [9.17, 15) is 4.79 Å². The second-order valence-corrected chi connectivity index (χ2v) is 3.12. The summed E-state index contributed by atoms with van der Waals surface area (Å²) < 4.78 is 0. The Hall–Kier alpha value is -1.06. The van der Waals surface area contributed by atoms with E-state index in [1.165, 1.54) is 0 Å². The molecule has 1 aromatic rings. The molecule has 13 heavy (non-hydrogen) atoms. The van der Waals surface area contributed by atoms with Gasteiger partial charge in [-0.15, -0.1) is 0 Å². The zero-order valence-corrected chi connectivity index (χ0v) is 7.66. The van der Waals surface area contributed by atoms with Crippen molar-refractivity contribution in [3.63, 3.8) is 0 Å². The van der Waals surface area contributed by atoms with Crippen molar-refractivity contribution in [2.24, 2.45) is 5.73 Å². The minimum Gasteiger partial charge on any atom is -0.481 e. The Morgan fingerprint density at radius 1 is 1.62 bits per heavy atom. The summed E-state index contributed by atoms with van der Waals surface area (Å²) in [6, 6.07) is 6.73. The molecule has 0 saturated carbocycles. The quantitative estimate of drug-likeness (QED) is 0.775. The van der Waals surface area contributed by atoms with Crippen molar-refractivity contribution < 1.29 is 9.90 Å². The van der Waals surface area contributed by atoms with Crippen LogP contribution in [0.2, 0.25) is 5.02 Å². The molecule has 4 heteroatoms. The molecular weight excluding hydrogens is 190 g/mol. The Morgan fingerprint density at radius 3 is 2.77 bits per heavy atom. The van der Waals surface area contributed by atoms with Crippen LogP contribution in [0.5, 0.6) is 0 Å². The Balaban J connectivity index is 2.98. The number of aliphatic carboxylic acids is 1. The van der Waals surface area contributed by atoms with Crippen LogP contribution in [-0.2, 0) is 4.79 Å². The van der Waals surface area contributed by atoms with E-state index in [0.29, 0.717) is 10.6 Å². The molecule has 0 aliphatic heterocycles. The molecule has 70 valence electrons. The van der Waals surface area contributed by atoms with Crippen LogP contribution in [0.15, 0.2) is 24.3 Å². The minimum absolute atomic E-state index is 0.0790. The SMILES string of the molecule is NCC(C(=O)O)c1cccc(Cl)c1. The summed E-state index contributed by atoms with van der Waals surface area (Å²) in [6.45, 7) is 0.0790. The van der Waals surface area contributed by atoms with E-state index in [-0.39, 0.29) is 6.54 Å². The number of carbonyl (C=O) groups is 1. The lowest BCUT2D eigenvalue weighted by Gasteiger charge is -2.09. The first kappa shape index (κ1) is 10.0. The van der Waals surface area contributed by atoms with Crippen LogP contribution in [0.1, 0.15) is 11.5 Å². The molecule has 1 rings (SSSR count). The smallest absolute Gasteiger partial charge is 0.312 e. The van der Waals surface area contributed by atoms with E-state index >= 15 is 0 Å². The van der Waals surface area contributed by atoms with Crippen LogP contribution in [-0.4, -0.2) is 17.6 Å². The van der Waals surface area contributed by atoms with E-state index in [2.05, 4.69) is 0 Å². The molecule has 0 heterocycles. The molecule has 0 spiro atoms. The van der Waals surface area contributed by atoms with Gasteiger partial charge in [0, 0.05) is 11.6 Å². The van der Waals surface area contributed by atoms with Gasteiger partial charge < -0.3 is 10.8 Å². The third-order valence-corrected chi connectivity index (χ3v) is 2.02. The van der Waals surface area contributed by atoms with Crippen molar-refractivity contribution in [3.8, 4) is 0 Å². The monoisotopic (exact) mass is 199 g/mol. The summed E-state index contributed by atoms with van der Waals surface area (Å²) in [5.74, 6) is -1.59. The highest BCUT2D eigenvalue weighted by Gasteiger charge is 2.17. The van der Waals surface area contributed by atoms with E-state index in [1.54, 1.807) is 24.3 Å². The highest BCUT2D eigenvalue weighted by Crippen LogP contribution is 2.18. The van der Waals surface area contributed by atoms with Gasteiger partial charge in [-0.3, -0.25) is 4.79 Å². The topological polar surface area (TPSA) is 63.3 Å². The first-order valence-electron chi connectivity index (χ1n) is 3.83. The number of halogens is 1. The summed E-state index contributed by atoms with van der Waals surface area (Å²) in [7, 11) is 0. The molecule has 0 fully saturated rings. The minimum atomic E-state index is -0.926. The molecule has 0 aromatic heterocycles. The van der Waals surface area contributed by atoms with E-state index in [4.69, 9.17) is 22.4 Å². The number of carboxylic acids is 1. The molecule has 1 aromatic carbocycles. The van der Waals surface area contributed by atoms with Gasteiger partial charge in [0.05, 0.1) is 5.92 Å². The molecule has 0 amide bonds. The van der Waals surface area contributed by atoms with Gasteiger partial charge in [-0.25, -0.2) is 0 Å². The number of nitrogens with two attached hydrogens (primary N) is 1. The first-order chi connectivity index (χ1) is 6.15. The highest BCUT2D eigenvalue weighted by molar-refractivity contribution is 6.30. The highest BCUT2D eigenvalue weighted by atomic mass is 35.5. The fraction of sp³-hybridized carbons (Fsp3) is 0.222. The summed E-state index contributed by atoms with van der Waals surface area (Å²) in [5.41, 5.74) is 5.97. The number of carboxylic acid groups (broad SMARTS) is 1. The Labute approximate surface area is 81.1 Å². The Kier molecular flexibility index (Phi) is 3.28. The van der Waals surface area contributed by atoms with Crippen molar-refractivity contribution >= 4 is 17.6 Å². The molecule has 0 radical (unpaired) electrons. The third-order valence-electron chi connectivity index (χ3n) is 1.78. The van der Waals surface area contributed by atoms with Crippen molar-refractivity contribution in [2.45, 2.75) is 5.92 Å². The van der Waals surface area contributed by atoms with Crippen molar-refractivity contribution in [1.29, 1.82) is 0 Å². The molecule has 1 atom stereocenters. The van der Waals surface area contributed by atoms with Crippen LogP contribution in [0.4, 0.5) is 0 Å². The Bertz CT molecular complexity index is 314. The predicted molar refractivity (Wildman–Crippen MR) is 50.9 cm³/mol. The van der Waals surface area contributed by atoms with Crippen LogP contribution in [0, 0.1) is 0 Å². The van der Waals surface area contributed by atoms with Crippen molar-refractivity contribution in [3.05, 3.63) is 34.9 Å². The van der Waals surface area contributed by atoms with Gasteiger partial charge in [-0.05, 0) is 17.7 Å². The van der Waals surface area contributed by atoms with Gasteiger partial charge in [0.25, 0.3) is 0 Å². The van der Waals surface area contributed by atoms with Gasteiger partial charge in [-0.2, -0.15) is 0 Å². The molecule has 1 unspecified atom stereocenters. The molecule has 0 saturated heterocycles. The normalized spacial score (nSPS) is 12.5. The molecule has 0 aliphatic rings. The summed E-state index contributed by atoms with van der Waals surface area (Å²) in [5, 5.41) is 9.32. The van der Waals surface area contributed by atoms with Gasteiger partial charge >= 0.3 is 5.97 Å². The second-order valence-electron chi connectivity index (χ2n) is 2.68. The van der Waals surface area contributed by atoms with E-state index in [1.807, 2.05) is 0 Å². The van der Waals surface area contributed by atoms with Crippen LogP contribution in [0.3, 0.4) is 0 Å². The molecule has 0 bridgehead atoms. The van der Waals surface area contributed by atoms with Gasteiger partial charge in [0.15, 0.2) is 0 Å². The lowest BCUT2D eigenvalue weighted by atomic mass is 10.00. The van der Waals surface area contributed by atoms with Crippen LogP contribution >= 0.6 is 11.6 Å². The Morgan fingerprint density at radius 2 is 2.31 bits per heavy atom. The van der Waals surface area contributed by atoms with Gasteiger partial charge in [0.1, 0.15) is 0 Å². The number of hydrogen-bond acceptors (Lipinski definition) is 2. The van der Waals surface area contributed by atoms with Crippen molar-refractivity contribution in [2.75, 3.05) is 6.54 Å². The molecular formula is C9H10ClNO2. The molecule has 3 nitrogen and oxygen atoms in total. The summed E-state index contributed by atoms with van der Waals surface area (Å²) in [4.78, 5) is 10.7. The standard InChI is InChI=1S/C9H10ClNO2/c10-7-3-1-2-6(4-7)8(5-11)9(12)13/h1-4,8H,5,11H2,(H,12,13). The lowest BCUT2D eigenvalue weighted by molar-refractivity contribution is -0.138. The van der Waals surface area contributed by atoms with E-state index in [0.717, 1.165) is 0 Å². The lowest BCUT2D eigenvalue weighted by Crippen LogP contribution is -2.20. The average molecular weight is 200 g/mol. The fourth-order valence-corrected chi connectivity index (χ4v) is 1.30. The molecule has 3 N–H and O–H groups in total.